The highest BCUT2D eigenvalue weighted by Gasteiger charge is 2.45. The summed E-state index contributed by atoms with van der Waals surface area (Å²) < 4.78 is 10.3. The third-order valence-corrected chi connectivity index (χ3v) is 7.71. The van der Waals surface area contributed by atoms with Crippen molar-refractivity contribution in [2.45, 2.75) is 116 Å². The third-order valence-electron chi connectivity index (χ3n) is 7.71. The molecule has 1 saturated heterocycles. The second kappa shape index (κ2) is 15.3. The molecule has 0 aliphatic carbocycles. The summed E-state index contributed by atoms with van der Waals surface area (Å²) in [5, 5.41) is 47.5. The van der Waals surface area contributed by atoms with Gasteiger partial charge in [-0.1, -0.05) is 13.8 Å². The molecular formula is C27H52N2O8. The van der Waals surface area contributed by atoms with E-state index in [2.05, 4.69) is 15.0 Å². The predicted molar refractivity (Wildman–Crippen MR) is 141 cm³/mol. The standard InChI is InChI=1S/C27H52N2O8/c1-8-22-27(6,35)24(32)20(4)29(15-9-13-28-14-11-23(31)36-7)17-18(2)16-26(5,34)12-10-21(30)19(3)25(33)37-22/h18-22,24,28,30,32,34-35H,8-17H2,1-7H3/t18-,19-,20?,21+,22-,24?,26+,27-/m1/s1. The number of carbonyl (C=O) groups is 2. The lowest BCUT2D eigenvalue weighted by Crippen LogP contribution is -2.59. The van der Waals surface area contributed by atoms with Gasteiger partial charge in [0.05, 0.1) is 31.2 Å². The summed E-state index contributed by atoms with van der Waals surface area (Å²) in [5.41, 5.74) is -2.76. The molecule has 10 nitrogen and oxygen atoms in total. The lowest BCUT2D eigenvalue weighted by Gasteiger charge is -2.43. The fourth-order valence-corrected chi connectivity index (χ4v) is 5.21. The van der Waals surface area contributed by atoms with Crippen LogP contribution in [0.3, 0.4) is 0 Å². The zero-order valence-electron chi connectivity index (χ0n) is 23.9. The minimum atomic E-state index is -1.72. The Morgan fingerprint density at radius 3 is 2.43 bits per heavy atom. The van der Waals surface area contributed by atoms with Crippen molar-refractivity contribution in [3.8, 4) is 0 Å². The quantitative estimate of drug-likeness (QED) is 0.228. The van der Waals surface area contributed by atoms with E-state index in [4.69, 9.17) is 4.74 Å². The normalized spacial score (nSPS) is 37.3. The number of nitrogens with zero attached hydrogens (tertiary/aromatic N) is 1. The summed E-state index contributed by atoms with van der Waals surface area (Å²) in [6, 6.07) is -0.474. The molecule has 0 spiro atoms. The van der Waals surface area contributed by atoms with Crippen molar-refractivity contribution >= 4 is 11.9 Å². The van der Waals surface area contributed by atoms with E-state index in [1.54, 1.807) is 20.8 Å². The average Bonchev–Trinajstić information content (AvgIpc) is 2.84. The first-order chi connectivity index (χ1) is 17.2. The van der Waals surface area contributed by atoms with Gasteiger partial charge in [0, 0.05) is 19.1 Å². The fraction of sp³-hybridized carbons (Fsp3) is 0.926. The number of methoxy groups -OCH3 is 1. The molecule has 0 aromatic rings. The number of aliphatic hydroxyl groups is 4. The number of hydrogen-bond donors (Lipinski definition) is 5. The van der Waals surface area contributed by atoms with Crippen molar-refractivity contribution in [1.29, 1.82) is 0 Å². The molecule has 0 aromatic heterocycles. The van der Waals surface area contributed by atoms with E-state index in [9.17, 15) is 30.0 Å². The first-order valence-electron chi connectivity index (χ1n) is 13.7. The lowest BCUT2D eigenvalue weighted by atomic mass is 9.85. The van der Waals surface area contributed by atoms with Crippen LogP contribution in [0.4, 0.5) is 0 Å². The molecule has 1 rings (SSSR count). The van der Waals surface area contributed by atoms with Gasteiger partial charge < -0.3 is 35.2 Å². The van der Waals surface area contributed by atoms with Gasteiger partial charge >= 0.3 is 11.9 Å². The van der Waals surface area contributed by atoms with Crippen molar-refractivity contribution in [2.75, 3.05) is 33.3 Å². The number of esters is 2. The van der Waals surface area contributed by atoms with Crippen LogP contribution >= 0.6 is 0 Å². The number of nitrogens with one attached hydrogen (secondary N) is 1. The highest BCUT2D eigenvalue weighted by atomic mass is 16.6. The van der Waals surface area contributed by atoms with Gasteiger partial charge in [-0.05, 0) is 78.8 Å². The van der Waals surface area contributed by atoms with Crippen LogP contribution in [0.2, 0.25) is 0 Å². The second-order valence-electron chi connectivity index (χ2n) is 11.4. The predicted octanol–water partition coefficient (Wildman–Crippen LogP) is 1.22. The molecule has 218 valence electrons. The van der Waals surface area contributed by atoms with Gasteiger partial charge in [0.1, 0.15) is 17.8 Å². The van der Waals surface area contributed by atoms with Gasteiger partial charge in [0.2, 0.25) is 0 Å². The van der Waals surface area contributed by atoms with Gasteiger partial charge in [-0.3, -0.25) is 14.5 Å². The maximum absolute atomic E-state index is 12.8. The molecular weight excluding hydrogens is 480 g/mol. The molecule has 1 heterocycles. The number of ether oxygens (including phenoxy) is 2. The van der Waals surface area contributed by atoms with Gasteiger partial charge in [0.15, 0.2) is 0 Å². The molecule has 0 bridgehead atoms. The van der Waals surface area contributed by atoms with E-state index < -0.39 is 47.4 Å². The van der Waals surface area contributed by atoms with Crippen molar-refractivity contribution < 1.29 is 39.5 Å². The number of hydrogen-bond acceptors (Lipinski definition) is 10. The molecule has 5 N–H and O–H groups in total. The van der Waals surface area contributed by atoms with Gasteiger partial charge in [-0.25, -0.2) is 0 Å². The van der Waals surface area contributed by atoms with Crippen molar-refractivity contribution in [3.63, 3.8) is 0 Å². The first kappa shape index (κ1) is 33.7. The summed E-state index contributed by atoms with van der Waals surface area (Å²) in [5.74, 6) is -1.69. The SMILES string of the molecule is CC[C@H]1OC(=O)[C@H](C)[C@@H](O)CC[C@](C)(O)C[C@@H](C)CN(CCCNCCC(=O)OC)C(C)C(O)[C@]1(C)O. The molecule has 0 amide bonds. The summed E-state index contributed by atoms with van der Waals surface area (Å²) in [6.07, 6.45) is -0.821. The van der Waals surface area contributed by atoms with Gasteiger partial charge in [-0.15, -0.1) is 0 Å². The van der Waals surface area contributed by atoms with E-state index in [0.717, 1.165) is 6.42 Å². The van der Waals surface area contributed by atoms with Crippen LogP contribution in [-0.2, 0) is 19.1 Å². The average molecular weight is 533 g/mol. The minimum Gasteiger partial charge on any atom is -0.469 e. The lowest BCUT2D eigenvalue weighted by molar-refractivity contribution is -0.192. The molecule has 1 aliphatic rings. The second-order valence-corrected chi connectivity index (χ2v) is 11.4. The number of rotatable bonds is 8. The van der Waals surface area contributed by atoms with E-state index in [1.165, 1.54) is 14.0 Å². The van der Waals surface area contributed by atoms with Gasteiger partial charge in [0.25, 0.3) is 0 Å². The van der Waals surface area contributed by atoms with Crippen LogP contribution in [-0.4, -0.2) is 106 Å². The molecule has 10 heteroatoms. The van der Waals surface area contributed by atoms with Crippen molar-refractivity contribution in [2.24, 2.45) is 11.8 Å². The topological polar surface area (TPSA) is 149 Å². The Morgan fingerprint density at radius 1 is 1.19 bits per heavy atom. The monoisotopic (exact) mass is 532 g/mol. The third kappa shape index (κ3) is 10.8. The summed E-state index contributed by atoms with van der Waals surface area (Å²) >= 11 is 0. The molecule has 37 heavy (non-hydrogen) atoms. The van der Waals surface area contributed by atoms with Crippen molar-refractivity contribution in [1.82, 2.24) is 10.2 Å². The van der Waals surface area contributed by atoms with E-state index in [-0.39, 0.29) is 24.7 Å². The number of carbonyl (C=O) groups excluding carboxylic acids is 2. The first-order valence-corrected chi connectivity index (χ1v) is 13.7. The molecule has 0 aromatic carbocycles. The van der Waals surface area contributed by atoms with Gasteiger partial charge in [-0.2, -0.15) is 0 Å². The molecule has 8 atom stereocenters. The maximum atomic E-state index is 12.8. The number of aliphatic hydroxyl groups excluding tert-OH is 2. The summed E-state index contributed by atoms with van der Waals surface area (Å²) in [4.78, 5) is 26.2. The Bertz CT molecular complexity index is 702. The highest BCUT2D eigenvalue weighted by molar-refractivity contribution is 5.73. The Hall–Kier alpha value is -1.30. The highest BCUT2D eigenvalue weighted by Crippen LogP contribution is 2.30. The van der Waals surface area contributed by atoms with E-state index in [0.29, 0.717) is 45.4 Å². The van der Waals surface area contributed by atoms with E-state index in [1.807, 2.05) is 13.8 Å². The van der Waals surface area contributed by atoms with Crippen molar-refractivity contribution in [3.05, 3.63) is 0 Å². The Morgan fingerprint density at radius 2 is 1.84 bits per heavy atom. The molecule has 1 aliphatic heterocycles. The Kier molecular flexibility index (Phi) is 14.0. The minimum absolute atomic E-state index is 0.0569. The van der Waals surface area contributed by atoms with Crippen LogP contribution < -0.4 is 5.32 Å². The summed E-state index contributed by atoms with van der Waals surface area (Å²) in [7, 11) is 1.36. The van der Waals surface area contributed by atoms with Crippen LogP contribution in [0.1, 0.15) is 80.1 Å². The molecule has 1 fully saturated rings. The van der Waals surface area contributed by atoms with Crippen LogP contribution in [0.15, 0.2) is 0 Å². The molecule has 0 saturated carbocycles. The Labute approximate surface area is 222 Å². The van der Waals surface area contributed by atoms with E-state index >= 15 is 0 Å². The maximum Gasteiger partial charge on any atom is 0.311 e. The smallest absolute Gasteiger partial charge is 0.311 e. The zero-order chi connectivity index (χ0) is 28.4. The molecule has 0 radical (unpaired) electrons. The van der Waals surface area contributed by atoms with Crippen LogP contribution in [0.5, 0.6) is 0 Å². The molecule has 2 unspecified atom stereocenters. The Balaban J connectivity index is 3.11. The largest absolute Gasteiger partial charge is 0.469 e. The van der Waals surface area contributed by atoms with Crippen LogP contribution in [0, 0.1) is 11.8 Å². The number of cyclic esters (lactones) is 1. The van der Waals surface area contributed by atoms with Crippen LogP contribution in [0.25, 0.3) is 0 Å². The fourth-order valence-electron chi connectivity index (χ4n) is 5.21. The summed E-state index contributed by atoms with van der Waals surface area (Å²) in [6.45, 7) is 12.8. The zero-order valence-corrected chi connectivity index (χ0v) is 23.9.